The Morgan fingerprint density at radius 3 is 2.14 bits per heavy atom. The average molecular weight is 596 g/mol. The Morgan fingerprint density at radius 1 is 0.881 bits per heavy atom. The van der Waals surface area contributed by atoms with Gasteiger partial charge in [-0.3, -0.25) is 13.9 Å². The van der Waals surface area contributed by atoms with Gasteiger partial charge in [0, 0.05) is 25.6 Å². The van der Waals surface area contributed by atoms with Crippen molar-refractivity contribution in [3.05, 3.63) is 89.5 Å². The summed E-state index contributed by atoms with van der Waals surface area (Å²) in [6.45, 7) is 6.00. The number of nitrogens with zero attached hydrogens (tertiary/aromatic N) is 2. The highest BCUT2D eigenvalue weighted by atomic mass is 32.2. The van der Waals surface area contributed by atoms with Crippen molar-refractivity contribution in [1.82, 2.24) is 10.2 Å². The Bertz CT molecular complexity index is 1460. The van der Waals surface area contributed by atoms with Gasteiger partial charge in [0.2, 0.25) is 21.8 Å². The molecule has 3 rings (SSSR count). The van der Waals surface area contributed by atoms with Gasteiger partial charge in [-0.2, -0.15) is 0 Å². The number of sulfonamides is 1. The number of hydrogen-bond donors (Lipinski definition) is 1. The molecule has 0 bridgehead atoms. The van der Waals surface area contributed by atoms with Crippen LogP contribution in [0.3, 0.4) is 0 Å². The summed E-state index contributed by atoms with van der Waals surface area (Å²) >= 11 is 0. The molecule has 0 unspecified atom stereocenters. The van der Waals surface area contributed by atoms with Gasteiger partial charge in [0.25, 0.3) is 0 Å². The second kappa shape index (κ2) is 14.7. The molecule has 0 spiro atoms. The Kier molecular flexibility index (Phi) is 11.4. The summed E-state index contributed by atoms with van der Waals surface area (Å²) in [4.78, 5) is 29.4. The van der Waals surface area contributed by atoms with Crippen molar-refractivity contribution < 1.29 is 27.5 Å². The quantitative estimate of drug-likeness (QED) is 0.300. The SMILES string of the molecule is COc1ccc(N(CC(=O)N(Cc2cccc(C)c2)[C@H](Cc2ccccc2)C(=O)NCC(C)C)S(C)(=O)=O)cc1OC. The lowest BCUT2D eigenvalue weighted by molar-refractivity contribution is -0.140. The van der Waals surface area contributed by atoms with Gasteiger partial charge < -0.3 is 19.7 Å². The normalized spacial score (nSPS) is 12.0. The maximum Gasteiger partial charge on any atom is 0.244 e. The molecule has 0 saturated heterocycles. The van der Waals surface area contributed by atoms with Crippen LogP contribution in [0.5, 0.6) is 11.5 Å². The van der Waals surface area contributed by atoms with Gasteiger partial charge >= 0.3 is 0 Å². The second-order valence-corrected chi connectivity index (χ2v) is 12.6. The van der Waals surface area contributed by atoms with Crippen molar-refractivity contribution in [1.29, 1.82) is 0 Å². The summed E-state index contributed by atoms with van der Waals surface area (Å²) < 4.78 is 37.7. The molecule has 1 N–H and O–H groups in total. The first kappa shape index (κ1) is 32.5. The Labute approximate surface area is 249 Å². The van der Waals surface area contributed by atoms with Gasteiger partial charge in [0.1, 0.15) is 12.6 Å². The molecule has 0 aliphatic carbocycles. The van der Waals surface area contributed by atoms with Crippen LogP contribution in [0.1, 0.15) is 30.5 Å². The van der Waals surface area contributed by atoms with Crippen molar-refractivity contribution in [2.45, 2.75) is 39.8 Å². The van der Waals surface area contributed by atoms with E-state index in [9.17, 15) is 18.0 Å². The highest BCUT2D eigenvalue weighted by Gasteiger charge is 2.33. The lowest BCUT2D eigenvalue weighted by atomic mass is 10.0. The van der Waals surface area contributed by atoms with Crippen LogP contribution in [0, 0.1) is 12.8 Å². The molecule has 2 amide bonds. The lowest BCUT2D eigenvalue weighted by Gasteiger charge is -2.33. The van der Waals surface area contributed by atoms with Crippen LogP contribution in [-0.4, -0.2) is 64.7 Å². The van der Waals surface area contributed by atoms with Gasteiger partial charge in [0.15, 0.2) is 11.5 Å². The van der Waals surface area contributed by atoms with E-state index in [1.807, 2.05) is 75.4 Å². The zero-order chi connectivity index (χ0) is 30.9. The maximum atomic E-state index is 14.2. The number of ether oxygens (including phenoxy) is 2. The van der Waals surface area contributed by atoms with E-state index in [2.05, 4.69) is 5.32 Å². The van der Waals surface area contributed by atoms with Gasteiger partial charge in [-0.05, 0) is 36.1 Å². The average Bonchev–Trinajstić information content (AvgIpc) is 2.95. The molecular weight excluding hydrogens is 554 g/mol. The first-order valence-corrected chi connectivity index (χ1v) is 15.6. The number of nitrogens with one attached hydrogen (secondary N) is 1. The molecule has 226 valence electrons. The number of methoxy groups -OCH3 is 2. The molecule has 0 radical (unpaired) electrons. The van der Waals surface area contributed by atoms with E-state index in [-0.39, 0.29) is 30.5 Å². The molecular formula is C32H41N3O6S. The fraction of sp³-hybridized carbons (Fsp3) is 0.375. The summed E-state index contributed by atoms with van der Waals surface area (Å²) in [5.74, 6) is 0.135. The zero-order valence-corrected chi connectivity index (χ0v) is 26.0. The molecule has 0 fully saturated rings. The molecule has 0 heterocycles. The third kappa shape index (κ3) is 8.97. The third-order valence-electron chi connectivity index (χ3n) is 6.73. The smallest absolute Gasteiger partial charge is 0.244 e. The summed E-state index contributed by atoms with van der Waals surface area (Å²) in [6, 6.07) is 20.9. The van der Waals surface area contributed by atoms with Crippen molar-refractivity contribution >= 4 is 27.5 Å². The van der Waals surface area contributed by atoms with Gasteiger partial charge in [-0.15, -0.1) is 0 Å². The molecule has 0 aliphatic rings. The van der Waals surface area contributed by atoms with Crippen LogP contribution >= 0.6 is 0 Å². The van der Waals surface area contributed by atoms with Crippen LogP contribution < -0.4 is 19.1 Å². The number of amides is 2. The highest BCUT2D eigenvalue weighted by molar-refractivity contribution is 7.92. The number of anilines is 1. The molecule has 3 aromatic rings. The summed E-state index contributed by atoms with van der Waals surface area (Å²) in [5, 5.41) is 2.98. The zero-order valence-electron chi connectivity index (χ0n) is 25.2. The summed E-state index contributed by atoms with van der Waals surface area (Å²) in [6.07, 6.45) is 1.30. The molecule has 0 aromatic heterocycles. The van der Waals surface area contributed by atoms with Gasteiger partial charge in [-0.1, -0.05) is 74.0 Å². The van der Waals surface area contributed by atoms with Crippen molar-refractivity contribution in [3.63, 3.8) is 0 Å². The van der Waals surface area contributed by atoms with E-state index in [0.717, 1.165) is 27.3 Å². The molecule has 9 nitrogen and oxygen atoms in total. The van der Waals surface area contributed by atoms with E-state index in [1.165, 1.54) is 25.2 Å². The Morgan fingerprint density at radius 2 is 1.55 bits per heavy atom. The number of rotatable bonds is 14. The summed E-state index contributed by atoms with van der Waals surface area (Å²) in [5.41, 5.74) is 2.95. The summed E-state index contributed by atoms with van der Waals surface area (Å²) in [7, 11) is -0.977. The first-order valence-electron chi connectivity index (χ1n) is 13.8. The van der Waals surface area contributed by atoms with Crippen molar-refractivity contribution in [3.8, 4) is 11.5 Å². The number of aryl methyl sites for hydroxylation is 1. The van der Waals surface area contributed by atoms with E-state index in [0.29, 0.717) is 18.0 Å². The van der Waals surface area contributed by atoms with E-state index in [1.54, 1.807) is 12.1 Å². The standard InChI is InChI=1S/C32H41N3O6S/c1-23(2)20-33-32(37)28(18-25-12-8-7-9-13-25)34(21-26-14-10-11-24(3)17-26)31(36)22-35(42(6,38)39)27-15-16-29(40-4)30(19-27)41-5/h7-17,19,23,28H,18,20-22H2,1-6H3,(H,33,37)/t28-/m1/s1. The first-order chi connectivity index (χ1) is 19.9. The monoisotopic (exact) mass is 595 g/mol. The third-order valence-corrected chi connectivity index (χ3v) is 7.87. The van der Waals surface area contributed by atoms with Gasteiger partial charge in [-0.25, -0.2) is 8.42 Å². The second-order valence-electron chi connectivity index (χ2n) is 10.7. The minimum atomic E-state index is -3.91. The minimum absolute atomic E-state index is 0.122. The Balaban J connectivity index is 2.07. The van der Waals surface area contributed by atoms with Crippen molar-refractivity contribution in [2.24, 2.45) is 5.92 Å². The fourth-order valence-electron chi connectivity index (χ4n) is 4.58. The predicted molar refractivity (Wildman–Crippen MR) is 165 cm³/mol. The predicted octanol–water partition coefficient (Wildman–Crippen LogP) is 4.19. The number of hydrogen-bond acceptors (Lipinski definition) is 6. The minimum Gasteiger partial charge on any atom is -0.493 e. The van der Waals surface area contributed by atoms with E-state index >= 15 is 0 Å². The van der Waals surface area contributed by atoms with Crippen LogP contribution in [0.25, 0.3) is 0 Å². The molecule has 1 atom stereocenters. The van der Waals surface area contributed by atoms with Gasteiger partial charge in [0.05, 0.1) is 26.2 Å². The topological polar surface area (TPSA) is 105 Å². The molecule has 42 heavy (non-hydrogen) atoms. The van der Waals surface area contributed by atoms with Crippen LogP contribution in [-0.2, 0) is 32.6 Å². The van der Waals surface area contributed by atoms with Crippen LogP contribution in [0.4, 0.5) is 5.69 Å². The lowest BCUT2D eigenvalue weighted by Crippen LogP contribution is -2.53. The Hall–Kier alpha value is -4.05. The fourth-order valence-corrected chi connectivity index (χ4v) is 5.42. The maximum absolute atomic E-state index is 14.2. The molecule has 3 aromatic carbocycles. The largest absolute Gasteiger partial charge is 0.493 e. The van der Waals surface area contributed by atoms with E-state index < -0.39 is 28.5 Å². The molecule has 0 saturated carbocycles. The molecule has 0 aliphatic heterocycles. The van der Waals surface area contributed by atoms with Crippen molar-refractivity contribution in [2.75, 3.05) is 37.9 Å². The molecule has 10 heteroatoms. The number of carbonyl (C=O) groups excluding carboxylic acids is 2. The number of benzene rings is 3. The van der Waals surface area contributed by atoms with Crippen LogP contribution in [0.15, 0.2) is 72.8 Å². The highest BCUT2D eigenvalue weighted by Crippen LogP contribution is 2.32. The number of carbonyl (C=O) groups is 2. The van der Waals surface area contributed by atoms with E-state index in [4.69, 9.17) is 9.47 Å². The van der Waals surface area contributed by atoms with Crippen LogP contribution in [0.2, 0.25) is 0 Å².